The molecule has 0 aromatic carbocycles. The number of rotatable bonds is 5. The minimum Gasteiger partial charge on any atom is -0.395 e. The molecule has 84 valence electrons. The molecule has 6 nitrogen and oxygen atoms in total. The summed E-state index contributed by atoms with van der Waals surface area (Å²) in [5.74, 6) is -0.277. The molecule has 15 heavy (non-hydrogen) atoms. The lowest BCUT2D eigenvalue weighted by Gasteiger charge is -2.02. The van der Waals surface area contributed by atoms with Crippen LogP contribution in [0.25, 0.3) is 0 Å². The van der Waals surface area contributed by atoms with Crippen LogP contribution in [0, 0.1) is 0 Å². The number of hydrogen-bond acceptors (Lipinski definition) is 4. The molecule has 0 aliphatic heterocycles. The Bertz CT molecular complexity index is 335. The Morgan fingerprint density at radius 2 is 2.40 bits per heavy atom. The monoisotopic (exact) mass is 212 g/mol. The molecule has 0 unspecified atom stereocenters. The molecule has 1 aromatic heterocycles. The van der Waals surface area contributed by atoms with E-state index in [1.165, 1.54) is 0 Å². The zero-order valence-electron chi connectivity index (χ0n) is 8.96. The van der Waals surface area contributed by atoms with E-state index in [9.17, 15) is 4.79 Å². The number of hydrogen-bond donors (Lipinski definition) is 3. The Morgan fingerprint density at radius 1 is 1.67 bits per heavy atom. The van der Waals surface area contributed by atoms with Gasteiger partial charge in [-0.1, -0.05) is 6.92 Å². The van der Waals surface area contributed by atoms with Crippen LogP contribution >= 0.6 is 0 Å². The van der Waals surface area contributed by atoms with Gasteiger partial charge in [-0.25, -0.2) is 0 Å². The standard InChI is InChI=1S/C9H16N4O2/c1-3-6-7(10)8(13-12-6)9(14)11-4-5-15-2/h3-5,10H2,1-2H3,(H,11,14)(H,12,13). The smallest absolute Gasteiger partial charge is 0.274 e. The molecule has 4 N–H and O–H groups in total. The van der Waals surface area contributed by atoms with Crippen molar-refractivity contribution >= 4 is 11.6 Å². The Morgan fingerprint density at radius 3 is 2.93 bits per heavy atom. The van der Waals surface area contributed by atoms with E-state index in [1.54, 1.807) is 7.11 Å². The van der Waals surface area contributed by atoms with Gasteiger partial charge in [0.05, 0.1) is 18.0 Å². The number of carbonyl (C=O) groups is 1. The van der Waals surface area contributed by atoms with Crippen LogP contribution < -0.4 is 11.1 Å². The highest BCUT2D eigenvalue weighted by Gasteiger charge is 2.15. The second kappa shape index (κ2) is 5.35. The molecule has 0 radical (unpaired) electrons. The summed E-state index contributed by atoms with van der Waals surface area (Å²) < 4.78 is 4.81. The average molecular weight is 212 g/mol. The molecule has 0 aliphatic carbocycles. The summed E-state index contributed by atoms with van der Waals surface area (Å²) in [6.45, 7) is 2.86. The molecular weight excluding hydrogens is 196 g/mol. The van der Waals surface area contributed by atoms with Crippen molar-refractivity contribution in [3.05, 3.63) is 11.4 Å². The molecule has 1 rings (SSSR count). The lowest BCUT2D eigenvalue weighted by atomic mass is 10.2. The maximum absolute atomic E-state index is 11.5. The second-order valence-corrected chi connectivity index (χ2v) is 3.07. The molecule has 0 fully saturated rings. The van der Waals surface area contributed by atoms with Gasteiger partial charge in [-0.2, -0.15) is 5.10 Å². The Labute approximate surface area is 88.2 Å². The Balaban J connectivity index is 2.61. The zero-order chi connectivity index (χ0) is 11.3. The number of aromatic nitrogens is 2. The number of nitrogen functional groups attached to an aromatic ring is 1. The quantitative estimate of drug-likeness (QED) is 0.596. The summed E-state index contributed by atoms with van der Waals surface area (Å²) in [6.07, 6.45) is 0.726. The molecule has 6 heteroatoms. The van der Waals surface area contributed by atoms with Gasteiger partial charge in [0.15, 0.2) is 5.69 Å². The summed E-state index contributed by atoms with van der Waals surface area (Å²) in [5.41, 5.74) is 7.19. The summed E-state index contributed by atoms with van der Waals surface area (Å²) >= 11 is 0. The van der Waals surface area contributed by atoms with Crippen LogP contribution in [0.3, 0.4) is 0 Å². The topological polar surface area (TPSA) is 93.0 Å². The zero-order valence-corrected chi connectivity index (χ0v) is 8.96. The number of aromatic amines is 1. The van der Waals surface area contributed by atoms with Crippen LogP contribution in [-0.4, -0.2) is 36.4 Å². The van der Waals surface area contributed by atoms with E-state index in [4.69, 9.17) is 10.5 Å². The van der Waals surface area contributed by atoms with E-state index in [2.05, 4.69) is 15.5 Å². The van der Waals surface area contributed by atoms with E-state index in [1.807, 2.05) is 6.92 Å². The van der Waals surface area contributed by atoms with Crippen molar-refractivity contribution < 1.29 is 9.53 Å². The third-order valence-corrected chi connectivity index (χ3v) is 2.04. The molecule has 1 heterocycles. The fraction of sp³-hybridized carbons (Fsp3) is 0.556. The van der Waals surface area contributed by atoms with Crippen molar-refractivity contribution in [1.82, 2.24) is 15.5 Å². The van der Waals surface area contributed by atoms with Crippen molar-refractivity contribution in [2.75, 3.05) is 26.0 Å². The van der Waals surface area contributed by atoms with Gasteiger partial charge in [0.1, 0.15) is 0 Å². The first-order valence-corrected chi connectivity index (χ1v) is 4.80. The number of amides is 1. The number of nitrogens with two attached hydrogens (primary N) is 1. The summed E-state index contributed by atoms with van der Waals surface area (Å²) in [6, 6.07) is 0. The third-order valence-electron chi connectivity index (χ3n) is 2.04. The van der Waals surface area contributed by atoms with Crippen LogP contribution in [0.15, 0.2) is 0 Å². The minimum atomic E-state index is -0.277. The fourth-order valence-electron chi connectivity index (χ4n) is 1.18. The third kappa shape index (κ3) is 2.69. The first kappa shape index (κ1) is 11.5. The van der Waals surface area contributed by atoms with Gasteiger partial charge in [-0.15, -0.1) is 0 Å². The normalized spacial score (nSPS) is 10.3. The number of H-pyrrole nitrogens is 1. The van der Waals surface area contributed by atoms with Gasteiger partial charge in [0.25, 0.3) is 5.91 Å². The van der Waals surface area contributed by atoms with Gasteiger partial charge in [-0.05, 0) is 6.42 Å². The molecule has 0 saturated heterocycles. The lowest BCUT2D eigenvalue weighted by molar-refractivity contribution is 0.0933. The van der Waals surface area contributed by atoms with Gasteiger partial charge in [0.2, 0.25) is 0 Å². The lowest BCUT2D eigenvalue weighted by Crippen LogP contribution is -2.27. The van der Waals surface area contributed by atoms with Crippen LogP contribution in [0.1, 0.15) is 23.1 Å². The SMILES string of the molecule is CCc1[nH]nc(C(=O)NCCOC)c1N. The van der Waals surface area contributed by atoms with E-state index in [0.29, 0.717) is 18.8 Å². The highest BCUT2D eigenvalue weighted by atomic mass is 16.5. The van der Waals surface area contributed by atoms with Crippen molar-refractivity contribution in [3.8, 4) is 0 Å². The van der Waals surface area contributed by atoms with E-state index < -0.39 is 0 Å². The van der Waals surface area contributed by atoms with E-state index in [0.717, 1.165) is 12.1 Å². The molecule has 1 aromatic rings. The van der Waals surface area contributed by atoms with Gasteiger partial charge >= 0.3 is 0 Å². The number of methoxy groups -OCH3 is 1. The predicted molar refractivity (Wildman–Crippen MR) is 56.6 cm³/mol. The summed E-state index contributed by atoms with van der Waals surface area (Å²) in [4.78, 5) is 11.5. The number of aryl methyl sites for hydroxylation is 1. The van der Waals surface area contributed by atoms with Crippen LogP contribution in [0.2, 0.25) is 0 Å². The van der Waals surface area contributed by atoms with Crippen molar-refractivity contribution in [3.63, 3.8) is 0 Å². The van der Waals surface area contributed by atoms with Gasteiger partial charge in [0, 0.05) is 13.7 Å². The fourth-order valence-corrected chi connectivity index (χ4v) is 1.18. The van der Waals surface area contributed by atoms with Crippen molar-refractivity contribution in [1.29, 1.82) is 0 Å². The summed E-state index contributed by atoms with van der Waals surface area (Å²) in [5, 5.41) is 9.24. The average Bonchev–Trinajstić information content (AvgIpc) is 2.60. The van der Waals surface area contributed by atoms with Crippen LogP contribution in [-0.2, 0) is 11.2 Å². The molecule has 0 atom stereocenters. The number of carbonyl (C=O) groups excluding carboxylic acids is 1. The number of nitrogens with one attached hydrogen (secondary N) is 2. The maximum atomic E-state index is 11.5. The second-order valence-electron chi connectivity index (χ2n) is 3.07. The minimum absolute atomic E-state index is 0.253. The number of ether oxygens (including phenoxy) is 1. The van der Waals surface area contributed by atoms with Gasteiger partial charge in [-0.3, -0.25) is 9.89 Å². The Kier molecular flexibility index (Phi) is 4.11. The number of nitrogens with zero attached hydrogens (tertiary/aromatic N) is 1. The first-order valence-electron chi connectivity index (χ1n) is 4.80. The predicted octanol–water partition coefficient (Wildman–Crippen LogP) is -0.0695. The van der Waals surface area contributed by atoms with Crippen LogP contribution in [0.5, 0.6) is 0 Å². The number of anilines is 1. The molecule has 1 amide bonds. The highest BCUT2D eigenvalue weighted by molar-refractivity contribution is 5.97. The first-order chi connectivity index (χ1) is 7.20. The maximum Gasteiger partial charge on any atom is 0.274 e. The van der Waals surface area contributed by atoms with E-state index >= 15 is 0 Å². The Hall–Kier alpha value is -1.56. The molecule has 0 bridgehead atoms. The molecule has 0 saturated carbocycles. The van der Waals surface area contributed by atoms with Crippen molar-refractivity contribution in [2.24, 2.45) is 0 Å². The van der Waals surface area contributed by atoms with E-state index in [-0.39, 0.29) is 11.6 Å². The largest absolute Gasteiger partial charge is 0.395 e. The van der Waals surface area contributed by atoms with Crippen LogP contribution in [0.4, 0.5) is 5.69 Å². The highest BCUT2D eigenvalue weighted by Crippen LogP contribution is 2.13. The molecule has 0 aliphatic rings. The molecular formula is C9H16N4O2. The van der Waals surface area contributed by atoms with Gasteiger partial charge < -0.3 is 15.8 Å². The summed E-state index contributed by atoms with van der Waals surface area (Å²) in [7, 11) is 1.57. The van der Waals surface area contributed by atoms with Crippen molar-refractivity contribution in [2.45, 2.75) is 13.3 Å². The molecule has 0 spiro atoms.